The van der Waals surface area contributed by atoms with E-state index < -0.39 is 0 Å². The first-order chi connectivity index (χ1) is 12.8. The predicted octanol–water partition coefficient (Wildman–Crippen LogP) is 3.25. The van der Waals surface area contributed by atoms with Crippen LogP contribution in [0.5, 0.6) is 0 Å². The summed E-state index contributed by atoms with van der Waals surface area (Å²) in [5.74, 6) is 2.50. The van der Waals surface area contributed by atoms with Gasteiger partial charge in [0, 0.05) is 43.5 Å². The summed E-state index contributed by atoms with van der Waals surface area (Å²) in [7, 11) is 0. The first-order valence-corrected chi connectivity index (χ1v) is 9.43. The molecule has 1 aliphatic heterocycles. The third-order valence-electron chi connectivity index (χ3n) is 4.84. The molecule has 1 N–H and O–H groups in total. The Bertz CT molecular complexity index is 870. The molecule has 0 amide bonds. The first kappa shape index (κ1) is 17.0. The summed E-state index contributed by atoms with van der Waals surface area (Å²) in [6.07, 6.45) is 4.55. The van der Waals surface area contributed by atoms with Crippen molar-refractivity contribution in [1.82, 2.24) is 20.4 Å². The average molecular weight is 351 g/mol. The fraction of sp³-hybridized carbons (Fsp3) is 0.450. The van der Waals surface area contributed by atoms with Gasteiger partial charge < -0.3 is 14.7 Å². The third-order valence-corrected chi connectivity index (χ3v) is 4.84. The normalized spacial score (nSPS) is 14.9. The van der Waals surface area contributed by atoms with Gasteiger partial charge >= 0.3 is 0 Å². The number of rotatable bonds is 6. The molecule has 0 bridgehead atoms. The van der Waals surface area contributed by atoms with Gasteiger partial charge in [0.2, 0.25) is 5.89 Å². The minimum atomic E-state index is 0.683. The number of para-hydroxylation sites is 1. The van der Waals surface area contributed by atoms with Crippen molar-refractivity contribution in [3.63, 3.8) is 0 Å². The van der Waals surface area contributed by atoms with Crippen LogP contribution < -0.4 is 10.2 Å². The molecule has 0 unspecified atom stereocenters. The van der Waals surface area contributed by atoms with Crippen LogP contribution in [0.15, 0.2) is 34.9 Å². The fourth-order valence-corrected chi connectivity index (χ4v) is 3.52. The van der Waals surface area contributed by atoms with E-state index in [0.29, 0.717) is 11.7 Å². The zero-order chi connectivity index (χ0) is 17.8. The van der Waals surface area contributed by atoms with Crippen molar-refractivity contribution < 1.29 is 4.52 Å². The summed E-state index contributed by atoms with van der Waals surface area (Å²) in [6, 6.07) is 10.6. The molecule has 2 aromatic heterocycles. The highest BCUT2D eigenvalue weighted by Gasteiger charge is 2.17. The summed E-state index contributed by atoms with van der Waals surface area (Å²) in [5, 5.41) is 8.53. The molecular weight excluding hydrogens is 326 g/mol. The molecular formula is C20H25N5O. The van der Waals surface area contributed by atoms with Gasteiger partial charge in [0.05, 0.1) is 5.52 Å². The summed E-state index contributed by atoms with van der Waals surface area (Å²) >= 11 is 0. The van der Waals surface area contributed by atoms with Gasteiger partial charge in [-0.15, -0.1) is 0 Å². The lowest BCUT2D eigenvalue weighted by atomic mass is 10.1. The number of benzene rings is 1. The van der Waals surface area contributed by atoms with E-state index in [1.807, 2.05) is 6.92 Å². The first-order valence-electron chi connectivity index (χ1n) is 9.43. The Morgan fingerprint density at radius 1 is 1.12 bits per heavy atom. The Morgan fingerprint density at radius 3 is 2.77 bits per heavy atom. The Labute approximate surface area is 153 Å². The molecule has 136 valence electrons. The predicted molar refractivity (Wildman–Crippen MR) is 102 cm³/mol. The number of nitrogens with one attached hydrogen (secondary N) is 1. The molecule has 4 rings (SSSR count). The van der Waals surface area contributed by atoms with Gasteiger partial charge in [-0.1, -0.05) is 23.4 Å². The van der Waals surface area contributed by atoms with E-state index in [2.05, 4.69) is 50.7 Å². The highest BCUT2D eigenvalue weighted by Crippen LogP contribution is 2.26. The minimum absolute atomic E-state index is 0.683. The maximum atomic E-state index is 5.17. The van der Waals surface area contributed by atoms with Gasteiger partial charge in [-0.25, -0.2) is 4.98 Å². The van der Waals surface area contributed by atoms with Crippen LogP contribution in [0.1, 0.15) is 36.5 Å². The van der Waals surface area contributed by atoms with Crippen LogP contribution in [0.2, 0.25) is 0 Å². The van der Waals surface area contributed by atoms with Crippen LogP contribution in [0.25, 0.3) is 10.9 Å². The molecule has 1 aliphatic rings. The molecule has 1 fully saturated rings. The fourth-order valence-electron chi connectivity index (χ4n) is 3.52. The third kappa shape index (κ3) is 3.85. The molecule has 0 atom stereocenters. The lowest BCUT2D eigenvalue weighted by Gasteiger charge is -2.30. The number of hydrogen-bond donors (Lipinski definition) is 1. The number of fused-ring (bicyclic) bond motifs is 1. The standard InChI is InChI=1S/C20H25N5O/c1-15-22-19(26-24-15)9-10-21-14-17-13-16-7-3-4-8-18(16)23-20(17)25-11-5-2-6-12-25/h3-4,7-8,13,21H,2,5-6,9-12,14H2,1H3. The zero-order valence-electron chi connectivity index (χ0n) is 15.2. The Morgan fingerprint density at radius 2 is 1.96 bits per heavy atom. The molecule has 0 saturated carbocycles. The second-order valence-corrected chi connectivity index (χ2v) is 6.87. The quantitative estimate of drug-likeness (QED) is 0.688. The number of nitrogens with zero attached hydrogens (tertiary/aromatic N) is 4. The van der Waals surface area contributed by atoms with Gasteiger partial charge in [0.25, 0.3) is 0 Å². The van der Waals surface area contributed by atoms with E-state index in [1.54, 1.807) is 0 Å². The van der Waals surface area contributed by atoms with Crippen LogP contribution in [0.3, 0.4) is 0 Å². The van der Waals surface area contributed by atoms with E-state index >= 15 is 0 Å². The second-order valence-electron chi connectivity index (χ2n) is 6.87. The van der Waals surface area contributed by atoms with Gasteiger partial charge in [0.1, 0.15) is 5.82 Å². The zero-order valence-corrected chi connectivity index (χ0v) is 15.2. The van der Waals surface area contributed by atoms with E-state index in [-0.39, 0.29) is 0 Å². The van der Waals surface area contributed by atoms with Gasteiger partial charge in [0.15, 0.2) is 5.82 Å². The number of anilines is 1. The largest absolute Gasteiger partial charge is 0.356 e. The summed E-state index contributed by atoms with van der Waals surface area (Å²) in [6.45, 7) is 5.62. The molecule has 6 heteroatoms. The monoisotopic (exact) mass is 351 g/mol. The van der Waals surface area contributed by atoms with Crippen LogP contribution in [0.4, 0.5) is 5.82 Å². The number of piperidine rings is 1. The smallest absolute Gasteiger partial charge is 0.227 e. The Kier molecular flexibility index (Phi) is 5.11. The van der Waals surface area contributed by atoms with Gasteiger partial charge in [-0.2, -0.15) is 4.98 Å². The SMILES string of the molecule is Cc1noc(CCNCc2cc3ccccc3nc2N2CCCCC2)n1. The highest BCUT2D eigenvalue weighted by atomic mass is 16.5. The average Bonchev–Trinajstić information content (AvgIpc) is 3.10. The van der Waals surface area contributed by atoms with Crippen LogP contribution in [-0.2, 0) is 13.0 Å². The summed E-state index contributed by atoms with van der Waals surface area (Å²) < 4.78 is 5.17. The Hall–Kier alpha value is -2.47. The molecule has 0 aliphatic carbocycles. The van der Waals surface area contributed by atoms with E-state index in [4.69, 9.17) is 9.51 Å². The molecule has 1 aromatic carbocycles. The number of hydrogen-bond acceptors (Lipinski definition) is 6. The maximum absolute atomic E-state index is 5.17. The molecule has 3 aromatic rings. The van der Waals surface area contributed by atoms with Crippen LogP contribution in [-0.4, -0.2) is 34.8 Å². The minimum Gasteiger partial charge on any atom is -0.356 e. The van der Waals surface area contributed by atoms with Crippen molar-refractivity contribution in [2.75, 3.05) is 24.5 Å². The van der Waals surface area contributed by atoms with E-state index in [0.717, 1.165) is 43.9 Å². The molecule has 0 radical (unpaired) electrons. The van der Waals surface area contributed by atoms with E-state index in [9.17, 15) is 0 Å². The van der Waals surface area contributed by atoms with Crippen molar-refractivity contribution in [2.45, 2.75) is 39.2 Å². The number of aryl methyl sites for hydroxylation is 1. The number of pyridine rings is 1. The van der Waals surface area contributed by atoms with Crippen molar-refractivity contribution in [3.8, 4) is 0 Å². The second kappa shape index (κ2) is 7.83. The summed E-state index contributed by atoms with van der Waals surface area (Å²) in [4.78, 5) is 11.7. The molecule has 3 heterocycles. The maximum Gasteiger partial charge on any atom is 0.227 e. The molecule has 0 spiro atoms. The molecule has 6 nitrogen and oxygen atoms in total. The van der Waals surface area contributed by atoms with Gasteiger partial charge in [-0.3, -0.25) is 0 Å². The van der Waals surface area contributed by atoms with E-state index in [1.165, 1.54) is 30.2 Å². The van der Waals surface area contributed by atoms with Crippen LogP contribution in [0, 0.1) is 6.92 Å². The van der Waals surface area contributed by atoms with Crippen molar-refractivity contribution in [1.29, 1.82) is 0 Å². The molecule has 1 saturated heterocycles. The summed E-state index contributed by atoms with van der Waals surface area (Å²) in [5.41, 5.74) is 2.32. The Balaban J connectivity index is 1.49. The van der Waals surface area contributed by atoms with Crippen molar-refractivity contribution >= 4 is 16.7 Å². The lowest BCUT2D eigenvalue weighted by Crippen LogP contribution is -2.32. The van der Waals surface area contributed by atoms with Gasteiger partial charge in [-0.05, 0) is 38.3 Å². The topological polar surface area (TPSA) is 67.1 Å². The number of aromatic nitrogens is 3. The van der Waals surface area contributed by atoms with Crippen molar-refractivity contribution in [3.05, 3.63) is 47.6 Å². The van der Waals surface area contributed by atoms with Crippen molar-refractivity contribution in [2.24, 2.45) is 0 Å². The lowest BCUT2D eigenvalue weighted by molar-refractivity contribution is 0.372. The molecule has 26 heavy (non-hydrogen) atoms. The highest BCUT2D eigenvalue weighted by molar-refractivity contribution is 5.81. The van der Waals surface area contributed by atoms with Crippen LogP contribution >= 0.6 is 0 Å².